The van der Waals surface area contributed by atoms with Gasteiger partial charge in [-0.25, -0.2) is 9.37 Å². The van der Waals surface area contributed by atoms with E-state index in [1.54, 1.807) is 48.3 Å². The second-order valence-corrected chi connectivity index (χ2v) is 10.7. The zero-order valence-corrected chi connectivity index (χ0v) is 23.3. The van der Waals surface area contributed by atoms with Crippen molar-refractivity contribution in [2.24, 2.45) is 0 Å². The van der Waals surface area contributed by atoms with Crippen molar-refractivity contribution < 1.29 is 19.1 Å². The van der Waals surface area contributed by atoms with E-state index in [9.17, 15) is 19.1 Å². The van der Waals surface area contributed by atoms with Gasteiger partial charge in [0, 0.05) is 42.3 Å². The zero-order valence-electron chi connectivity index (χ0n) is 22.5. The van der Waals surface area contributed by atoms with Crippen LogP contribution in [0.4, 0.5) is 4.39 Å². The van der Waals surface area contributed by atoms with E-state index in [0.717, 1.165) is 21.8 Å². The largest absolute Gasteiger partial charge is 0.390 e. The first kappa shape index (κ1) is 29.1. The summed E-state index contributed by atoms with van der Waals surface area (Å²) in [4.78, 5) is 32.3. The van der Waals surface area contributed by atoms with Crippen LogP contribution in [-0.2, 0) is 19.5 Å². The Bertz CT molecular complexity index is 1430. The van der Waals surface area contributed by atoms with Crippen molar-refractivity contribution in [1.82, 2.24) is 20.5 Å². The topological polar surface area (TPSA) is 94.6 Å². The van der Waals surface area contributed by atoms with Gasteiger partial charge in [-0.1, -0.05) is 48.5 Å². The minimum Gasteiger partial charge on any atom is -0.390 e. The molecule has 1 aromatic heterocycles. The van der Waals surface area contributed by atoms with Crippen LogP contribution in [0.5, 0.6) is 0 Å². The molecular formula is C31H33FN4O3S. The van der Waals surface area contributed by atoms with Crippen molar-refractivity contribution in [3.63, 3.8) is 0 Å². The van der Waals surface area contributed by atoms with Crippen LogP contribution in [0.25, 0.3) is 0 Å². The van der Waals surface area contributed by atoms with Crippen molar-refractivity contribution in [2.45, 2.75) is 38.6 Å². The molecular weight excluding hydrogens is 527 g/mol. The lowest BCUT2D eigenvalue weighted by atomic mass is 10.00. The van der Waals surface area contributed by atoms with Gasteiger partial charge in [0.2, 0.25) is 0 Å². The third-order valence-electron chi connectivity index (χ3n) is 6.41. The number of aliphatic hydroxyl groups is 1. The molecule has 0 radical (unpaired) electrons. The summed E-state index contributed by atoms with van der Waals surface area (Å²) < 4.78 is 13.5. The number of amides is 2. The fraction of sp³-hybridized carbons (Fsp3) is 0.258. The molecule has 0 aliphatic rings. The third kappa shape index (κ3) is 8.29. The number of nitrogens with zero attached hydrogens (tertiary/aromatic N) is 2. The van der Waals surface area contributed by atoms with Crippen molar-refractivity contribution in [3.05, 3.63) is 123 Å². The first-order chi connectivity index (χ1) is 19.3. The molecule has 4 aromatic rings. The number of thiazole rings is 1. The minimum atomic E-state index is -0.921. The maximum atomic E-state index is 13.5. The number of aromatic nitrogens is 1. The highest BCUT2D eigenvalue weighted by molar-refractivity contribution is 7.09. The molecule has 4 rings (SSSR count). The summed E-state index contributed by atoms with van der Waals surface area (Å²) in [7, 11) is 1.70. The quantitative estimate of drug-likeness (QED) is 0.240. The predicted molar refractivity (Wildman–Crippen MR) is 155 cm³/mol. The Morgan fingerprint density at radius 1 is 1.00 bits per heavy atom. The number of carbonyl (C=O) groups is 2. The highest BCUT2D eigenvalue weighted by atomic mass is 32.1. The molecule has 2 unspecified atom stereocenters. The molecule has 3 aromatic carbocycles. The first-order valence-corrected chi connectivity index (χ1v) is 13.9. The number of carbonyl (C=O) groups excluding carboxylic acids is 2. The SMILES string of the molecule is Cc1csc(CN(C)C(=O)c2cccc(C(=O)NC(Cc3ccccc3)C(O)CNCc3cccc(F)c3)c2)n1. The van der Waals surface area contributed by atoms with Gasteiger partial charge < -0.3 is 20.6 Å². The molecule has 1 heterocycles. The Kier molecular flexibility index (Phi) is 10.1. The molecule has 7 nitrogen and oxygen atoms in total. The lowest BCUT2D eigenvalue weighted by molar-refractivity contribution is 0.0784. The molecule has 3 N–H and O–H groups in total. The highest BCUT2D eigenvalue weighted by Crippen LogP contribution is 2.15. The third-order valence-corrected chi connectivity index (χ3v) is 7.36. The van der Waals surface area contributed by atoms with Crippen molar-refractivity contribution >= 4 is 23.2 Å². The van der Waals surface area contributed by atoms with Gasteiger partial charge in [0.15, 0.2) is 0 Å². The van der Waals surface area contributed by atoms with Crippen LogP contribution < -0.4 is 10.6 Å². The van der Waals surface area contributed by atoms with Crippen LogP contribution in [0, 0.1) is 12.7 Å². The number of aryl methyl sites for hydroxylation is 1. The first-order valence-electron chi connectivity index (χ1n) is 13.0. The lowest BCUT2D eigenvalue weighted by Gasteiger charge is -2.25. The molecule has 2 atom stereocenters. The second-order valence-electron chi connectivity index (χ2n) is 9.72. The number of hydrogen-bond acceptors (Lipinski definition) is 6. The number of benzene rings is 3. The number of rotatable bonds is 12. The van der Waals surface area contributed by atoms with E-state index in [0.29, 0.717) is 30.6 Å². The van der Waals surface area contributed by atoms with Gasteiger partial charge in [0.1, 0.15) is 10.8 Å². The van der Waals surface area contributed by atoms with Crippen LogP contribution in [0.2, 0.25) is 0 Å². The summed E-state index contributed by atoms with van der Waals surface area (Å²) in [5.74, 6) is -0.929. The average Bonchev–Trinajstić information content (AvgIpc) is 3.37. The number of hydrogen-bond donors (Lipinski definition) is 3. The Balaban J connectivity index is 1.42. The lowest BCUT2D eigenvalue weighted by Crippen LogP contribution is -2.48. The number of halogens is 1. The van der Waals surface area contributed by atoms with Crippen LogP contribution in [0.15, 0.2) is 84.2 Å². The number of aliphatic hydroxyl groups excluding tert-OH is 1. The highest BCUT2D eigenvalue weighted by Gasteiger charge is 2.23. The second kappa shape index (κ2) is 13.9. The number of nitrogens with one attached hydrogen (secondary N) is 2. The fourth-order valence-corrected chi connectivity index (χ4v) is 5.14. The maximum absolute atomic E-state index is 13.5. The van der Waals surface area contributed by atoms with E-state index in [4.69, 9.17) is 0 Å². The van der Waals surface area contributed by atoms with Crippen LogP contribution in [-0.4, -0.2) is 52.5 Å². The Morgan fingerprint density at radius 3 is 2.45 bits per heavy atom. The molecule has 0 fully saturated rings. The minimum absolute atomic E-state index is 0.188. The van der Waals surface area contributed by atoms with Gasteiger partial charge >= 0.3 is 0 Å². The molecule has 40 heavy (non-hydrogen) atoms. The molecule has 0 aliphatic heterocycles. The Labute approximate surface area is 237 Å². The Morgan fingerprint density at radius 2 is 1.73 bits per heavy atom. The van der Waals surface area contributed by atoms with Gasteiger partial charge in [-0.2, -0.15) is 0 Å². The van der Waals surface area contributed by atoms with E-state index >= 15 is 0 Å². The molecule has 9 heteroatoms. The van der Waals surface area contributed by atoms with E-state index in [-0.39, 0.29) is 18.3 Å². The average molecular weight is 561 g/mol. The molecule has 0 aliphatic carbocycles. The molecule has 2 amide bonds. The van der Waals surface area contributed by atoms with E-state index in [1.165, 1.54) is 23.5 Å². The molecule has 0 saturated heterocycles. The van der Waals surface area contributed by atoms with Gasteiger partial charge in [0.05, 0.1) is 18.7 Å². The molecule has 0 spiro atoms. The monoisotopic (exact) mass is 560 g/mol. The van der Waals surface area contributed by atoms with Gasteiger partial charge in [-0.15, -0.1) is 11.3 Å². The summed E-state index contributed by atoms with van der Waals surface area (Å²) in [6, 6.07) is 21.8. The summed E-state index contributed by atoms with van der Waals surface area (Å²) in [6.07, 6.45) is -0.514. The fourth-order valence-electron chi connectivity index (χ4n) is 4.32. The molecule has 0 bridgehead atoms. The summed E-state index contributed by atoms with van der Waals surface area (Å²) in [5, 5.41) is 19.9. The summed E-state index contributed by atoms with van der Waals surface area (Å²) in [6.45, 7) is 2.85. The normalized spacial score (nSPS) is 12.5. The summed E-state index contributed by atoms with van der Waals surface area (Å²) in [5.41, 5.74) is 3.34. The van der Waals surface area contributed by atoms with Gasteiger partial charge in [0.25, 0.3) is 11.8 Å². The van der Waals surface area contributed by atoms with Crippen molar-refractivity contribution in [3.8, 4) is 0 Å². The van der Waals surface area contributed by atoms with E-state index < -0.39 is 18.1 Å². The van der Waals surface area contributed by atoms with Gasteiger partial charge in [-0.3, -0.25) is 9.59 Å². The molecule has 208 valence electrons. The van der Waals surface area contributed by atoms with E-state index in [2.05, 4.69) is 15.6 Å². The smallest absolute Gasteiger partial charge is 0.253 e. The molecule has 0 saturated carbocycles. The summed E-state index contributed by atoms with van der Waals surface area (Å²) >= 11 is 1.50. The Hall–Kier alpha value is -3.92. The standard InChI is InChI=1S/C31H33FN4O3S/c1-21-20-40-29(34-21)19-36(2)31(39)25-12-7-11-24(16-25)30(38)35-27(15-22-8-4-3-5-9-22)28(37)18-33-17-23-10-6-13-26(32)14-23/h3-14,16,20,27-28,33,37H,15,17-19H2,1-2H3,(H,35,38). The van der Waals surface area contributed by atoms with Crippen LogP contribution in [0.1, 0.15) is 42.5 Å². The van der Waals surface area contributed by atoms with Crippen molar-refractivity contribution in [1.29, 1.82) is 0 Å². The maximum Gasteiger partial charge on any atom is 0.253 e. The van der Waals surface area contributed by atoms with Crippen molar-refractivity contribution in [2.75, 3.05) is 13.6 Å². The zero-order chi connectivity index (χ0) is 28.5. The van der Waals surface area contributed by atoms with Gasteiger partial charge in [-0.05, 0) is 54.8 Å². The van der Waals surface area contributed by atoms with E-state index in [1.807, 2.05) is 42.6 Å². The van der Waals surface area contributed by atoms with Crippen LogP contribution in [0.3, 0.4) is 0 Å². The predicted octanol–water partition coefficient (Wildman–Crippen LogP) is 4.35. The van der Waals surface area contributed by atoms with Crippen LogP contribution >= 0.6 is 11.3 Å².